The topological polar surface area (TPSA) is 43.4 Å². The van der Waals surface area contributed by atoms with Gasteiger partial charge in [0.1, 0.15) is 0 Å². The minimum atomic E-state index is -0.517. The van der Waals surface area contributed by atoms with Crippen molar-refractivity contribution in [2.75, 3.05) is 6.61 Å². The monoisotopic (exact) mass is 400 g/mol. The smallest absolute Gasteiger partial charge is 0.338 e. The van der Waals surface area contributed by atoms with Gasteiger partial charge in [0.05, 0.1) is 5.56 Å². The van der Waals surface area contributed by atoms with Crippen molar-refractivity contribution < 1.29 is 14.3 Å². The van der Waals surface area contributed by atoms with Crippen molar-refractivity contribution in [3.05, 3.63) is 68.3 Å². The maximum atomic E-state index is 11.8. The molecule has 0 bridgehead atoms. The molecule has 0 aromatic heterocycles. The van der Waals surface area contributed by atoms with E-state index in [1.807, 2.05) is 0 Å². The van der Waals surface area contributed by atoms with Crippen molar-refractivity contribution in [3.8, 4) is 0 Å². The van der Waals surface area contributed by atoms with Crippen LogP contribution in [0.25, 0.3) is 0 Å². The summed E-state index contributed by atoms with van der Waals surface area (Å²) in [5.41, 5.74) is 0.845. The van der Waals surface area contributed by atoms with Gasteiger partial charge in [0.25, 0.3) is 0 Å². The lowest BCUT2D eigenvalue weighted by Crippen LogP contribution is -2.14. The fourth-order valence-corrected chi connectivity index (χ4v) is 2.10. The van der Waals surface area contributed by atoms with Crippen molar-refractivity contribution in [3.63, 3.8) is 0 Å². The molecule has 0 fully saturated rings. The van der Waals surface area contributed by atoms with Crippen LogP contribution in [0.1, 0.15) is 20.7 Å². The molecule has 0 saturated heterocycles. The summed E-state index contributed by atoms with van der Waals surface area (Å²) in [6.07, 6.45) is 0. The molecule has 0 unspecified atom stereocenters. The predicted molar refractivity (Wildman–Crippen MR) is 85.2 cm³/mol. The van der Waals surface area contributed by atoms with Crippen LogP contribution in [0.4, 0.5) is 0 Å². The van der Waals surface area contributed by atoms with Gasteiger partial charge in [-0.15, -0.1) is 0 Å². The second kappa shape index (κ2) is 6.85. The number of benzene rings is 2. The lowest BCUT2D eigenvalue weighted by molar-refractivity contribution is 0.0475. The number of esters is 1. The summed E-state index contributed by atoms with van der Waals surface area (Å²) in [7, 11) is 0. The van der Waals surface area contributed by atoms with Crippen LogP contribution >= 0.6 is 34.2 Å². The molecule has 2 rings (SSSR count). The van der Waals surface area contributed by atoms with Gasteiger partial charge in [-0.25, -0.2) is 4.79 Å². The molecule has 0 atom stereocenters. The van der Waals surface area contributed by atoms with Crippen LogP contribution in [0.5, 0.6) is 0 Å². The normalized spacial score (nSPS) is 10.1. The average molecular weight is 401 g/mol. The molecule has 0 aliphatic carbocycles. The Bertz CT molecular complexity index is 638. The first kappa shape index (κ1) is 15.0. The first-order chi connectivity index (χ1) is 9.56. The van der Waals surface area contributed by atoms with Crippen molar-refractivity contribution in [1.82, 2.24) is 0 Å². The molecule has 102 valence electrons. The van der Waals surface area contributed by atoms with Gasteiger partial charge >= 0.3 is 5.97 Å². The third-order valence-electron chi connectivity index (χ3n) is 2.56. The average Bonchev–Trinajstić information content (AvgIpc) is 2.45. The zero-order valence-corrected chi connectivity index (χ0v) is 13.2. The van der Waals surface area contributed by atoms with Gasteiger partial charge in [-0.3, -0.25) is 4.79 Å². The summed E-state index contributed by atoms with van der Waals surface area (Å²) in [4.78, 5) is 23.6. The van der Waals surface area contributed by atoms with E-state index in [0.717, 1.165) is 3.57 Å². The second-order valence-corrected chi connectivity index (χ2v) is 5.70. The summed E-state index contributed by atoms with van der Waals surface area (Å²) < 4.78 is 6.01. The second-order valence-electron chi connectivity index (χ2n) is 4.02. The highest BCUT2D eigenvalue weighted by Crippen LogP contribution is 2.12. The quantitative estimate of drug-likeness (QED) is 0.443. The maximum Gasteiger partial charge on any atom is 0.338 e. The van der Waals surface area contributed by atoms with E-state index in [-0.39, 0.29) is 12.4 Å². The van der Waals surface area contributed by atoms with Gasteiger partial charge in [0.15, 0.2) is 12.4 Å². The molecule has 2 aromatic rings. The summed E-state index contributed by atoms with van der Waals surface area (Å²) in [5.74, 6) is -0.803. The number of ketones is 1. The molecule has 0 spiro atoms. The number of hydrogen-bond donors (Lipinski definition) is 0. The maximum absolute atomic E-state index is 11.8. The van der Waals surface area contributed by atoms with Crippen molar-refractivity contribution in [1.29, 1.82) is 0 Å². The third-order valence-corrected chi connectivity index (χ3v) is 3.52. The number of carbonyl (C=O) groups is 2. The van der Waals surface area contributed by atoms with Gasteiger partial charge in [-0.2, -0.15) is 0 Å². The molecule has 3 nitrogen and oxygen atoms in total. The zero-order valence-electron chi connectivity index (χ0n) is 10.3. The van der Waals surface area contributed by atoms with Crippen LogP contribution in [-0.2, 0) is 4.74 Å². The highest BCUT2D eigenvalue weighted by molar-refractivity contribution is 14.1. The summed E-state index contributed by atoms with van der Waals surface area (Å²) >= 11 is 7.95. The first-order valence-corrected chi connectivity index (χ1v) is 7.23. The standard InChI is InChI=1S/C15H10ClIO3/c16-12-3-1-2-11(8-12)14(18)9-20-15(19)10-4-6-13(17)7-5-10/h1-8H,9H2. The largest absolute Gasteiger partial charge is 0.454 e. The number of rotatable bonds is 4. The van der Waals surface area contributed by atoms with Gasteiger partial charge in [-0.05, 0) is 59.0 Å². The van der Waals surface area contributed by atoms with Crippen LogP contribution in [0, 0.1) is 3.57 Å². The van der Waals surface area contributed by atoms with Crippen LogP contribution in [-0.4, -0.2) is 18.4 Å². The highest BCUT2D eigenvalue weighted by Gasteiger charge is 2.11. The minimum absolute atomic E-state index is 0.286. The van der Waals surface area contributed by atoms with E-state index in [1.165, 1.54) is 0 Å². The molecule has 0 heterocycles. The summed E-state index contributed by atoms with van der Waals surface area (Å²) in [6.45, 7) is -0.300. The number of hydrogen-bond acceptors (Lipinski definition) is 3. The Morgan fingerprint density at radius 1 is 1.05 bits per heavy atom. The number of ether oxygens (including phenoxy) is 1. The van der Waals surface area contributed by atoms with Gasteiger partial charge in [0, 0.05) is 14.2 Å². The van der Waals surface area contributed by atoms with E-state index >= 15 is 0 Å². The van der Waals surface area contributed by atoms with Crippen molar-refractivity contribution >= 4 is 45.9 Å². The van der Waals surface area contributed by atoms with Crippen molar-refractivity contribution in [2.45, 2.75) is 0 Å². The molecule has 2 aromatic carbocycles. The minimum Gasteiger partial charge on any atom is -0.454 e. The van der Waals surface area contributed by atoms with Crippen LogP contribution in [0.15, 0.2) is 48.5 Å². The van der Waals surface area contributed by atoms with E-state index in [9.17, 15) is 9.59 Å². The highest BCUT2D eigenvalue weighted by atomic mass is 127. The lowest BCUT2D eigenvalue weighted by atomic mass is 10.1. The van der Waals surface area contributed by atoms with E-state index in [1.54, 1.807) is 48.5 Å². The summed E-state index contributed by atoms with van der Waals surface area (Å²) in [6, 6.07) is 13.5. The van der Waals surface area contributed by atoms with E-state index in [2.05, 4.69) is 22.6 Å². The zero-order chi connectivity index (χ0) is 14.5. The van der Waals surface area contributed by atoms with Crippen LogP contribution in [0.2, 0.25) is 5.02 Å². The SMILES string of the molecule is O=C(COC(=O)c1ccc(I)cc1)c1cccc(Cl)c1. The summed E-state index contributed by atoms with van der Waals surface area (Å²) in [5, 5.41) is 0.472. The molecule has 0 aliphatic heterocycles. The van der Waals surface area contributed by atoms with Crippen LogP contribution < -0.4 is 0 Å². The van der Waals surface area contributed by atoms with Gasteiger partial charge < -0.3 is 4.74 Å². The molecular formula is C15H10ClIO3. The Hall–Kier alpha value is -1.40. The fourth-order valence-electron chi connectivity index (χ4n) is 1.55. The Morgan fingerprint density at radius 2 is 1.75 bits per heavy atom. The van der Waals surface area contributed by atoms with E-state index < -0.39 is 5.97 Å². The Kier molecular flexibility index (Phi) is 5.14. The third kappa shape index (κ3) is 4.05. The number of Topliss-reactive ketones (excluding diaryl/α,β-unsaturated/α-hetero) is 1. The molecule has 20 heavy (non-hydrogen) atoms. The molecular weight excluding hydrogens is 391 g/mol. The lowest BCUT2D eigenvalue weighted by Gasteiger charge is -2.05. The van der Waals surface area contributed by atoms with Gasteiger partial charge in [-0.1, -0.05) is 23.7 Å². The molecule has 0 saturated carbocycles. The molecule has 0 aliphatic rings. The predicted octanol–water partition coefficient (Wildman–Crippen LogP) is 3.98. The van der Waals surface area contributed by atoms with Gasteiger partial charge in [0.2, 0.25) is 0 Å². The molecule has 0 radical (unpaired) electrons. The Balaban J connectivity index is 1.96. The Morgan fingerprint density at radius 3 is 2.40 bits per heavy atom. The molecule has 5 heteroatoms. The number of carbonyl (C=O) groups excluding carboxylic acids is 2. The molecule has 0 N–H and O–H groups in total. The number of halogens is 2. The fraction of sp³-hybridized carbons (Fsp3) is 0.0667. The Labute approximate surface area is 135 Å². The molecule has 0 amide bonds. The van der Waals surface area contributed by atoms with E-state index in [4.69, 9.17) is 16.3 Å². The van der Waals surface area contributed by atoms with Crippen LogP contribution in [0.3, 0.4) is 0 Å². The van der Waals surface area contributed by atoms with Crippen molar-refractivity contribution in [2.24, 2.45) is 0 Å². The van der Waals surface area contributed by atoms with E-state index in [0.29, 0.717) is 16.1 Å². The first-order valence-electron chi connectivity index (χ1n) is 5.78.